The number of imidazole rings is 1. The first kappa shape index (κ1) is 17.3. The largest absolute Gasteiger partial charge is 0.493 e. The summed E-state index contributed by atoms with van der Waals surface area (Å²) in [5.41, 5.74) is 2.09. The fourth-order valence-electron chi connectivity index (χ4n) is 2.21. The summed E-state index contributed by atoms with van der Waals surface area (Å²) in [6.07, 6.45) is 1.60. The Kier molecular flexibility index (Phi) is 5.22. The lowest BCUT2D eigenvalue weighted by molar-refractivity contribution is -0.0497. The van der Waals surface area contributed by atoms with Crippen molar-refractivity contribution in [1.29, 1.82) is 0 Å². The van der Waals surface area contributed by atoms with Gasteiger partial charge in [-0.3, -0.25) is 4.98 Å². The molecule has 132 valence electrons. The number of methoxy groups -OCH3 is 2. The van der Waals surface area contributed by atoms with Crippen molar-refractivity contribution in [3.63, 3.8) is 0 Å². The second-order valence-electron chi connectivity index (χ2n) is 4.92. The van der Waals surface area contributed by atoms with Gasteiger partial charge in [-0.15, -0.1) is 0 Å². The minimum absolute atomic E-state index is 0.0760. The van der Waals surface area contributed by atoms with Crippen LogP contribution in [0, 0.1) is 0 Å². The third-order valence-corrected chi connectivity index (χ3v) is 4.25. The summed E-state index contributed by atoms with van der Waals surface area (Å²) in [6.45, 7) is -2.86. The number of nitrogens with one attached hydrogen (secondary N) is 1. The first-order valence-electron chi connectivity index (χ1n) is 7.23. The average Bonchev–Trinajstić information content (AvgIpc) is 3.01. The lowest BCUT2D eigenvalue weighted by Gasteiger charge is -2.08. The van der Waals surface area contributed by atoms with Crippen LogP contribution in [-0.2, 0) is 5.75 Å². The van der Waals surface area contributed by atoms with Gasteiger partial charge in [-0.2, -0.15) is 8.78 Å². The summed E-state index contributed by atoms with van der Waals surface area (Å²) in [5.74, 6) is 1.80. The zero-order valence-electron chi connectivity index (χ0n) is 13.5. The zero-order valence-corrected chi connectivity index (χ0v) is 14.3. The molecule has 1 aromatic carbocycles. The molecule has 0 unspecified atom stereocenters. The molecule has 0 aliphatic carbocycles. The number of nitrogens with zero attached hydrogens (tertiary/aromatic N) is 2. The number of pyridine rings is 1. The van der Waals surface area contributed by atoms with Crippen LogP contribution in [0.2, 0.25) is 0 Å². The fourth-order valence-corrected chi connectivity index (χ4v) is 2.99. The molecule has 9 heteroatoms. The number of rotatable bonds is 7. The van der Waals surface area contributed by atoms with Crippen LogP contribution in [-0.4, -0.2) is 35.8 Å². The number of H-pyrrole nitrogens is 1. The lowest BCUT2D eigenvalue weighted by atomic mass is 10.3. The lowest BCUT2D eigenvalue weighted by Crippen LogP contribution is -2.01. The molecule has 2 heterocycles. The zero-order chi connectivity index (χ0) is 17.8. The van der Waals surface area contributed by atoms with Crippen LogP contribution in [0.1, 0.15) is 5.69 Å². The third-order valence-electron chi connectivity index (χ3n) is 3.34. The maximum absolute atomic E-state index is 12.3. The number of ether oxygens (including phenoxy) is 3. The highest BCUT2D eigenvalue weighted by atomic mass is 32.2. The first-order chi connectivity index (χ1) is 12.1. The molecule has 0 spiro atoms. The van der Waals surface area contributed by atoms with E-state index in [1.54, 1.807) is 32.5 Å². The Bertz CT molecular complexity index is 873. The Balaban J connectivity index is 1.72. The number of hydrogen-bond donors (Lipinski definition) is 1. The molecule has 0 bridgehead atoms. The Morgan fingerprint density at radius 2 is 1.96 bits per heavy atom. The van der Waals surface area contributed by atoms with E-state index in [1.807, 2.05) is 0 Å². The average molecular weight is 367 g/mol. The number of fused-ring (bicyclic) bond motifs is 1. The number of aromatic nitrogens is 3. The summed E-state index contributed by atoms with van der Waals surface area (Å²) in [7, 11) is 3.11. The van der Waals surface area contributed by atoms with Gasteiger partial charge in [-0.25, -0.2) is 4.98 Å². The van der Waals surface area contributed by atoms with Gasteiger partial charge >= 0.3 is 6.61 Å². The van der Waals surface area contributed by atoms with Gasteiger partial charge in [0, 0.05) is 17.9 Å². The molecule has 3 rings (SSSR count). The van der Waals surface area contributed by atoms with Gasteiger partial charge in [0.25, 0.3) is 0 Å². The molecule has 0 saturated carbocycles. The second-order valence-corrected chi connectivity index (χ2v) is 5.88. The predicted molar refractivity (Wildman–Crippen MR) is 89.6 cm³/mol. The van der Waals surface area contributed by atoms with Crippen molar-refractivity contribution in [2.75, 3.05) is 14.2 Å². The standard InChI is InChI=1S/C16H15F2N3O3S/c1-22-13-5-9(19-7-14(13)23-2)8-25-16-20-11-4-3-10(24-15(17)18)6-12(11)21-16/h3-7,15H,8H2,1-2H3,(H,20,21). The molecule has 0 fully saturated rings. The molecule has 6 nitrogen and oxygen atoms in total. The van der Waals surface area contributed by atoms with E-state index in [0.717, 1.165) is 11.2 Å². The van der Waals surface area contributed by atoms with E-state index in [4.69, 9.17) is 9.47 Å². The third kappa shape index (κ3) is 4.11. The van der Waals surface area contributed by atoms with Crippen molar-refractivity contribution in [2.45, 2.75) is 17.5 Å². The Morgan fingerprint density at radius 1 is 1.16 bits per heavy atom. The Labute approximate surface area is 146 Å². The maximum Gasteiger partial charge on any atom is 0.387 e. The summed E-state index contributed by atoms with van der Waals surface area (Å²) in [6, 6.07) is 6.38. The van der Waals surface area contributed by atoms with E-state index in [9.17, 15) is 8.78 Å². The molecule has 0 saturated heterocycles. The van der Waals surface area contributed by atoms with E-state index >= 15 is 0 Å². The maximum atomic E-state index is 12.3. The van der Waals surface area contributed by atoms with Crippen molar-refractivity contribution < 1.29 is 23.0 Å². The molecule has 0 aliphatic heterocycles. The van der Waals surface area contributed by atoms with Crippen molar-refractivity contribution in [1.82, 2.24) is 15.0 Å². The Hall–Kier alpha value is -2.55. The normalized spacial score (nSPS) is 11.1. The molecule has 1 N–H and O–H groups in total. The highest BCUT2D eigenvalue weighted by molar-refractivity contribution is 7.98. The number of thioether (sulfide) groups is 1. The van der Waals surface area contributed by atoms with Crippen LogP contribution in [0.25, 0.3) is 11.0 Å². The molecular formula is C16H15F2N3O3S. The van der Waals surface area contributed by atoms with Gasteiger partial charge in [0.15, 0.2) is 16.7 Å². The summed E-state index contributed by atoms with van der Waals surface area (Å²) < 4.78 is 39.3. The van der Waals surface area contributed by atoms with Crippen LogP contribution in [0.4, 0.5) is 8.78 Å². The topological polar surface area (TPSA) is 69.3 Å². The van der Waals surface area contributed by atoms with Crippen LogP contribution >= 0.6 is 11.8 Å². The molecule has 0 amide bonds. The fraction of sp³-hybridized carbons (Fsp3) is 0.250. The van der Waals surface area contributed by atoms with Crippen LogP contribution < -0.4 is 14.2 Å². The van der Waals surface area contributed by atoms with E-state index < -0.39 is 6.61 Å². The number of hydrogen-bond acceptors (Lipinski definition) is 6. The van der Waals surface area contributed by atoms with Crippen molar-refractivity contribution in [3.05, 3.63) is 36.2 Å². The van der Waals surface area contributed by atoms with Gasteiger partial charge in [-0.1, -0.05) is 11.8 Å². The summed E-state index contributed by atoms with van der Waals surface area (Å²) >= 11 is 1.44. The molecular weight excluding hydrogens is 352 g/mol. The van der Waals surface area contributed by atoms with Crippen LogP contribution in [0.5, 0.6) is 17.2 Å². The molecule has 0 radical (unpaired) electrons. The van der Waals surface area contributed by atoms with Gasteiger partial charge in [0.2, 0.25) is 0 Å². The minimum atomic E-state index is -2.86. The smallest absolute Gasteiger partial charge is 0.387 e. The monoisotopic (exact) mass is 367 g/mol. The van der Waals surface area contributed by atoms with E-state index in [-0.39, 0.29) is 5.75 Å². The first-order valence-corrected chi connectivity index (χ1v) is 8.22. The molecule has 0 aliphatic rings. The van der Waals surface area contributed by atoms with Crippen molar-refractivity contribution >= 4 is 22.8 Å². The molecule has 25 heavy (non-hydrogen) atoms. The van der Waals surface area contributed by atoms with E-state index in [1.165, 1.54) is 23.9 Å². The number of benzene rings is 1. The number of aromatic amines is 1. The van der Waals surface area contributed by atoms with Gasteiger partial charge in [-0.05, 0) is 12.1 Å². The Morgan fingerprint density at radius 3 is 2.68 bits per heavy atom. The molecule has 0 atom stereocenters. The quantitative estimate of drug-likeness (QED) is 0.640. The highest BCUT2D eigenvalue weighted by Crippen LogP contribution is 2.29. The van der Waals surface area contributed by atoms with E-state index in [2.05, 4.69) is 19.7 Å². The summed E-state index contributed by atoms with van der Waals surface area (Å²) in [5, 5.41) is 0.654. The number of halogens is 2. The minimum Gasteiger partial charge on any atom is -0.493 e. The van der Waals surface area contributed by atoms with Crippen LogP contribution in [0.15, 0.2) is 35.6 Å². The van der Waals surface area contributed by atoms with E-state index in [0.29, 0.717) is 27.9 Å². The van der Waals surface area contributed by atoms with Crippen LogP contribution in [0.3, 0.4) is 0 Å². The van der Waals surface area contributed by atoms with Gasteiger partial charge in [0.05, 0.1) is 37.1 Å². The van der Waals surface area contributed by atoms with Crippen molar-refractivity contribution in [3.8, 4) is 17.2 Å². The SMILES string of the molecule is COc1cnc(CSc2nc3cc(OC(F)F)ccc3[nH]2)cc1OC. The van der Waals surface area contributed by atoms with Gasteiger partial charge < -0.3 is 19.2 Å². The van der Waals surface area contributed by atoms with Gasteiger partial charge in [0.1, 0.15) is 5.75 Å². The summed E-state index contributed by atoms with van der Waals surface area (Å²) in [4.78, 5) is 11.8. The molecule has 3 aromatic rings. The highest BCUT2D eigenvalue weighted by Gasteiger charge is 2.10. The second kappa shape index (κ2) is 7.56. The molecule has 2 aromatic heterocycles. The predicted octanol–water partition coefficient (Wildman–Crippen LogP) is 3.87. The number of alkyl halides is 2. The van der Waals surface area contributed by atoms with Crippen molar-refractivity contribution in [2.24, 2.45) is 0 Å².